The Balaban J connectivity index is 3.70. The molecule has 0 aromatic heterocycles. The van der Waals surface area contributed by atoms with Gasteiger partial charge in [0.1, 0.15) is 0 Å². The molecule has 0 unspecified atom stereocenters. The molecule has 0 spiro atoms. The lowest BCUT2D eigenvalue weighted by Crippen LogP contribution is -2.27. The standard InChI is InChI=1S/C12H28NO3P/c1-3-5-9-13(10-6-4-2)11-7-8-12-17(14,15)16/h3-12H2,1-2H3,(H2,14,15,16). The van der Waals surface area contributed by atoms with Crippen molar-refractivity contribution in [3.8, 4) is 0 Å². The van der Waals surface area contributed by atoms with Crippen molar-refractivity contribution in [2.24, 2.45) is 0 Å². The molecule has 2 N–H and O–H groups in total. The highest BCUT2D eigenvalue weighted by molar-refractivity contribution is 7.51. The van der Waals surface area contributed by atoms with E-state index in [0.29, 0.717) is 6.42 Å². The molecule has 0 saturated heterocycles. The topological polar surface area (TPSA) is 60.8 Å². The summed E-state index contributed by atoms with van der Waals surface area (Å²) in [6, 6.07) is 0. The lowest BCUT2D eigenvalue weighted by molar-refractivity contribution is 0.260. The van der Waals surface area contributed by atoms with E-state index < -0.39 is 7.60 Å². The van der Waals surface area contributed by atoms with Gasteiger partial charge in [0.25, 0.3) is 0 Å². The summed E-state index contributed by atoms with van der Waals surface area (Å²) in [6.45, 7) is 7.58. The van der Waals surface area contributed by atoms with Crippen LogP contribution >= 0.6 is 7.60 Å². The van der Waals surface area contributed by atoms with Crippen molar-refractivity contribution in [3.63, 3.8) is 0 Å². The van der Waals surface area contributed by atoms with Gasteiger partial charge in [0.15, 0.2) is 0 Å². The summed E-state index contributed by atoms with van der Waals surface area (Å²) in [7, 11) is -3.79. The van der Waals surface area contributed by atoms with Gasteiger partial charge in [0.05, 0.1) is 0 Å². The second-order valence-electron chi connectivity index (χ2n) is 4.64. The molecule has 0 saturated carbocycles. The summed E-state index contributed by atoms with van der Waals surface area (Å²) in [5, 5.41) is 0. The van der Waals surface area contributed by atoms with Gasteiger partial charge in [-0.05, 0) is 45.3 Å². The third-order valence-electron chi connectivity index (χ3n) is 2.83. The van der Waals surface area contributed by atoms with Crippen LogP contribution in [0.25, 0.3) is 0 Å². The maximum Gasteiger partial charge on any atom is 0.325 e. The van der Waals surface area contributed by atoms with Crippen LogP contribution in [0.1, 0.15) is 52.4 Å². The third kappa shape index (κ3) is 12.4. The minimum Gasteiger partial charge on any atom is -0.324 e. The van der Waals surface area contributed by atoms with Crippen molar-refractivity contribution in [2.45, 2.75) is 52.4 Å². The first-order valence-corrected chi connectivity index (χ1v) is 8.56. The SMILES string of the molecule is CCCCN(CCCC)CCCCP(=O)(O)O. The van der Waals surface area contributed by atoms with E-state index in [0.717, 1.165) is 26.1 Å². The largest absolute Gasteiger partial charge is 0.325 e. The molecule has 0 amide bonds. The first kappa shape index (κ1) is 17.1. The molecule has 0 radical (unpaired) electrons. The molecule has 0 heterocycles. The molecule has 0 bridgehead atoms. The average Bonchev–Trinajstić information content (AvgIpc) is 2.25. The summed E-state index contributed by atoms with van der Waals surface area (Å²) < 4.78 is 10.7. The van der Waals surface area contributed by atoms with Gasteiger partial charge in [-0.1, -0.05) is 26.7 Å². The lowest BCUT2D eigenvalue weighted by atomic mass is 10.2. The van der Waals surface area contributed by atoms with Gasteiger partial charge in [0, 0.05) is 6.16 Å². The van der Waals surface area contributed by atoms with Gasteiger partial charge < -0.3 is 14.7 Å². The van der Waals surface area contributed by atoms with Crippen LogP contribution in [-0.2, 0) is 4.57 Å². The fraction of sp³-hybridized carbons (Fsp3) is 1.00. The van der Waals surface area contributed by atoms with Crippen LogP contribution in [0.3, 0.4) is 0 Å². The number of unbranched alkanes of at least 4 members (excludes halogenated alkanes) is 3. The number of hydrogen-bond acceptors (Lipinski definition) is 2. The van der Waals surface area contributed by atoms with Crippen LogP contribution in [0, 0.1) is 0 Å². The molecule has 5 heteroatoms. The predicted octanol–water partition coefficient (Wildman–Crippen LogP) is 2.85. The molecule has 0 rings (SSSR count). The van der Waals surface area contributed by atoms with E-state index >= 15 is 0 Å². The first-order valence-electron chi connectivity index (χ1n) is 6.76. The molecular formula is C12H28NO3P. The van der Waals surface area contributed by atoms with Gasteiger partial charge in [-0.2, -0.15) is 0 Å². The molecule has 17 heavy (non-hydrogen) atoms. The quantitative estimate of drug-likeness (QED) is 0.445. The zero-order valence-electron chi connectivity index (χ0n) is 11.3. The fourth-order valence-electron chi connectivity index (χ4n) is 1.75. The zero-order chi connectivity index (χ0) is 13.1. The minimum atomic E-state index is -3.79. The Morgan fingerprint density at radius 1 is 0.882 bits per heavy atom. The number of rotatable bonds is 11. The molecule has 0 atom stereocenters. The minimum absolute atomic E-state index is 0.0302. The molecule has 4 nitrogen and oxygen atoms in total. The van der Waals surface area contributed by atoms with Crippen LogP contribution in [0.2, 0.25) is 0 Å². The van der Waals surface area contributed by atoms with Gasteiger partial charge in [-0.3, -0.25) is 4.57 Å². The van der Waals surface area contributed by atoms with Gasteiger partial charge >= 0.3 is 7.60 Å². The number of hydrogen-bond donors (Lipinski definition) is 2. The van der Waals surface area contributed by atoms with E-state index in [-0.39, 0.29) is 6.16 Å². The Labute approximate surface area is 106 Å². The number of nitrogens with zero attached hydrogens (tertiary/aromatic N) is 1. The Hall–Kier alpha value is 0.110. The molecule has 0 aliphatic heterocycles. The van der Waals surface area contributed by atoms with E-state index in [9.17, 15) is 4.57 Å². The second kappa shape index (κ2) is 10.1. The van der Waals surface area contributed by atoms with Crippen molar-refractivity contribution < 1.29 is 14.4 Å². The van der Waals surface area contributed by atoms with Crippen LogP contribution in [0.4, 0.5) is 0 Å². The average molecular weight is 265 g/mol. The van der Waals surface area contributed by atoms with Crippen LogP contribution in [-0.4, -0.2) is 40.5 Å². The zero-order valence-corrected chi connectivity index (χ0v) is 12.2. The first-order chi connectivity index (χ1) is 7.99. The van der Waals surface area contributed by atoms with Crippen molar-refractivity contribution in [2.75, 3.05) is 25.8 Å². The van der Waals surface area contributed by atoms with E-state index in [2.05, 4.69) is 18.7 Å². The predicted molar refractivity (Wildman–Crippen MR) is 72.4 cm³/mol. The maximum absolute atomic E-state index is 10.7. The summed E-state index contributed by atoms with van der Waals surface area (Å²) in [6.07, 6.45) is 6.36. The molecule has 0 aliphatic rings. The molecule has 0 aliphatic carbocycles. The van der Waals surface area contributed by atoms with Crippen molar-refractivity contribution >= 4 is 7.60 Å². The maximum atomic E-state index is 10.7. The third-order valence-corrected chi connectivity index (χ3v) is 3.73. The molecular weight excluding hydrogens is 237 g/mol. The van der Waals surface area contributed by atoms with Crippen LogP contribution in [0.5, 0.6) is 0 Å². The van der Waals surface area contributed by atoms with Gasteiger partial charge in [0.2, 0.25) is 0 Å². The molecule has 0 fully saturated rings. The van der Waals surface area contributed by atoms with E-state index in [1.54, 1.807) is 0 Å². The van der Waals surface area contributed by atoms with Crippen LogP contribution < -0.4 is 0 Å². The Kier molecular flexibility index (Phi) is 10.1. The smallest absolute Gasteiger partial charge is 0.324 e. The second-order valence-corrected chi connectivity index (χ2v) is 6.42. The van der Waals surface area contributed by atoms with Gasteiger partial charge in [-0.25, -0.2) is 0 Å². The van der Waals surface area contributed by atoms with E-state index in [1.807, 2.05) is 0 Å². The highest BCUT2D eigenvalue weighted by Crippen LogP contribution is 2.35. The molecule has 0 aromatic carbocycles. The van der Waals surface area contributed by atoms with Crippen LogP contribution in [0.15, 0.2) is 0 Å². The summed E-state index contributed by atoms with van der Waals surface area (Å²) in [5.74, 6) is 0. The molecule has 0 aromatic rings. The van der Waals surface area contributed by atoms with E-state index in [4.69, 9.17) is 9.79 Å². The monoisotopic (exact) mass is 265 g/mol. The normalized spacial score (nSPS) is 12.3. The van der Waals surface area contributed by atoms with Crippen molar-refractivity contribution in [1.82, 2.24) is 4.90 Å². The Morgan fingerprint density at radius 2 is 1.35 bits per heavy atom. The lowest BCUT2D eigenvalue weighted by Gasteiger charge is -2.21. The fourth-order valence-corrected chi connectivity index (χ4v) is 2.39. The summed E-state index contributed by atoms with van der Waals surface area (Å²) in [5.41, 5.74) is 0. The summed E-state index contributed by atoms with van der Waals surface area (Å²) >= 11 is 0. The highest BCUT2D eigenvalue weighted by Gasteiger charge is 2.12. The van der Waals surface area contributed by atoms with Crippen molar-refractivity contribution in [3.05, 3.63) is 0 Å². The highest BCUT2D eigenvalue weighted by atomic mass is 31.2. The Morgan fingerprint density at radius 3 is 1.76 bits per heavy atom. The Bertz CT molecular complexity index is 210. The molecule has 104 valence electrons. The van der Waals surface area contributed by atoms with Gasteiger partial charge in [-0.15, -0.1) is 0 Å². The summed E-state index contributed by atoms with van der Waals surface area (Å²) in [4.78, 5) is 19.9. The van der Waals surface area contributed by atoms with Crippen molar-refractivity contribution in [1.29, 1.82) is 0 Å². The van der Waals surface area contributed by atoms with E-state index in [1.165, 1.54) is 25.7 Å².